The predicted octanol–water partition coefficient (Wildman–Crippen LogP) is 3.08. The minimum absolute atomic E-state index is 0.473. The van der Waals surface area contributed by atoms with Crippen LogP contribution < -0.4 is 10.6 Å². The Labute approximate surface area is 171 Å². The van der Waals surface area contributed by atoms with E-state index in [1.54, 1.807) is 0 Å². The molecule has 5 nitrogen and oxygen atoms in total. The zero-order valence-corrected chi connectivity index (χ0v) is 17.9. The van der Waals surface area contributed by atoms with E-state index >= 15 is 0 Å². The molecule has 2 N–H and O–H groups in total. The highest BCUT2D eigenvalue weighted by Gasteiger charge is 2.29. The molecule has 28 heavy (non-hydrogen) atoms. The third-order valence-electron chi connectivity index (χ3n) is 5.97. The number of aliphatic imine (C=N–C) groups is 1. The molecular weight excluding hydrogens is 346 g/mol. The molecule has 1 aromatic rings. The molecule has 0 saturated carbocycles. The van der Waals surface area contributed by atoms with Crippen molar-refractivity contribution >= 4 is 5.96 Å². The highest BCUT2D eigenvalue weighted by Crippen LogP contribution is 2.20. The van der Waals surface area contributed by atoms with Crippen LogP contribution >= 0.6 is 0 Å². The van der Waals surface area contributed by atoms with Gasteiger partial charge in [0.1, 0.15) is 0 Å². The van der Waals surface area contributed by atoms with Crippen LogP contribution in [0.15, 0.2) is 35.3 Å². The van der Waals surface area contributed by atoms with Gasteiger partial charge in [0.25, 0.3) is 0 Å². The van der Waals surface area contributed by atoms with E-state index in [1.165, 1.54) is 57.3 Å². The molecule has 3 rings (SSSR count). The number of benzene rings is 1. The van der Waals surface area contributed by atoms with E-state index in [-0.39, 0.29) is 0 Å². The molecular formula is C23H39N5. The summed E-state index contributed by atoms with van der Waals surface area (Å²) in [4.78, 5) is 10.0. The van der Waals surface area contributed by atoms with Crippen molar-refractivity contribution in [3.63, 3.8) is 0 Å². The Balaban J connectivity index is 1.41. The average molecular weight is 386 g/mol. The molecule has 0 spiro atoms. The van der Waals surface area contributed by atoms with Crippen LogP contribution in [0.4, 0.5) is 0 Å². The first-order chi connectivity index (χ1) is 13.7. The predicted molar refractivity (Wildman–Crippen MR) is 119 cm³/mol. The van der Waals surface area contributed by atoms with Gasteiger partial charge in [0.2, 0.25) is 0 Å². The fourth-order valence-corrected chi connectivity index (χ4v) is 4.40. The molecule has 0 bridgehead atoms. The van der Waals surface area contributed by atoms with Crippen molar-refractivity contribution in [1.29, 1.82) is 0 Å². The minimum atomic E-state index is 0.473. The van der Waals surface area contributed by atoms with Gasteiger partial charge < -0.3 is 15.5 Å². The topological polar surface area (TPSA) is 42.9 Å². The molecule has 2 aliphatic rings. The number of guanidine groups is 1. The van der Waals surface area contributed by atoms with E-state index in [0.717, 1.165) is 32.1 Å². The summed E-state index contributed by atoms with van der Waals surface area (Å²) in [7, 11) is 0. The van der Waals surface area contributed by atoms with Crippen molar-refractivity contribution in [1.82, 2.24) is 20.4 Å². The molecule has 0 radical (unpaired) electrons. The monoisotopic (exact) mass is 385 g/mol. The Bertz CT molecular complexity index is 582. The number of nitrogens with zero attached hydrogens (tertiary/aromatic N) is 3. The quantitative estimate of drug-likeness (QED) is 0.389. The highest BCUT2D eigenvalue weighted by molar-refractivity contribution is 5.80. The van der Waals surface area contributed by atoms with E-state index < -0.39 is 0 Å². The fraction of sp³-hybridized carbons (Fsp3) is 0.696. The van der Waals surface area contributed by atoms with Crippen molar-refractivity contribution in [3.8, 4) is 0 Å². The van der Waals surface area contributed by atoms with E-state index in [2.05, 4.69) is 64.6 Å². The van der Waals surface area contributed by atoms with E-state index in [1.807, 2.05) is 0 Å². The molecule has 2 aliphatic heterocycles. The van der Waals surface area contributed by atoms with Gasteiger partial charge in [-0.15, -0.1) is 0 Å². The number of nitrogens with one attached hydrogen (secondary N) is 2. The summed E-state index contributed by atoms with van der Waals surface area (Å²) in [5.41, 5.74) is 1.40. The van der Waals surface area contributed by atoms with E-state index in [0.29, 0.717) is 12.1 Å². The summed E-state index contributed by atoms with van der Waals surface area (Å²) in [6.45, 7) is 12.3. The fourth-order valence-electron chi connectivity index (χ4n) is 4.40. The lowest BCUT2D eigenvalue weighted by Gasteiger charge is -2.21. The van der Waals surface area contributed by atoms with Crippen LogP contribution in [0.25, 0.3) is 0 Å². The Morgan fingerprint density at radius 1 is 1.14 bits per heavy atom. The molecule has 0 aromatic heterocycles. The molecule has 2 atom stereocenters. The van der Waals surface area contributed by atoms with Gasteiger partial charge >= 0.3 is 0 Å². The van der Waals surface area contributed by atoms with Crippen LogP contribution in [-0.2, 0) is 6.54 Å². The lowest BCUT2D eigenvalue weighted by atomic mass is 10.2. The number of rotatable bonds is 9. The Kier molecular flexibility index (Phi) is 8.62. The zero-order chi connectivity index (χ0) is 19.6. The van der Waals surface area contributed by atoms with Crippen molar-refractivity contribution in [3.05, 3.63) is 35.9 Å². The SMILES string of the molecule is CCNC(=NCCCCN1CCCC1)NC1CC(C)N(Cc2ccccc2)C1. The van der Waals surface area contributed by atoms with Gasteiger partial charge in [0.15, 0.2) is 5.96 Å². The summed E-state index contributed by atoms with van der Waals surface area (Å²) < 4.78 is 0. The zero-order valence-electron chi connectivity index (χ0n) is 17.9. The van der Waals surface area contributed by atoms with E-state index in [4.69, 9.17) is 4.99 Å². The summed E-state index contributed by atoms with van der Waals surface area (Å²) >= 11 is 0. The highest BCUT2D eigenvalue weighted by atomic mass is 15.3. The molecule has 0 aliphatic carbocycles. The summed E-state index contributed by atoms with van der Waals surface area (Å²) in [6.07, 6.45) is 6.37. The van der Waals surface area contributed by atoms with Crippen LogP contribution in [-0.4, -0.2) is 67.1 Å². The molecule has 156 valence electrons. The number of hydrogen-bond acceptors (Lipinski definition) is 3. The lowest BCUT2D eigenvalue weighted by molar-refractivity contribution is 0.258. The Hall–Kier alpha value is -1.59. The van der Waals surface area contributed by atoms with Gasteiger partial charge in [-0.2, -0.15) is 0 Å². The van der Waals surface area contributed by atoms with Gasteiger partial charge in [-0.1, -0.05) is 30.3 Å². The third kappa shape index (κ3) is 6.78. The van der Waals surface area contributed by atoms with Crippen LogP contribution in [0.2, 0.25) is 0 Å². The first-order valence-electron chi connectivity index (χ1n) is 11.3. The number of hydrogen-bond donors (Lipinski definition) is 2. The first-order valence-corrected chi connectivity index (χ1v) is 11.3. The Morgan fingerprint density at radius 2 is 1.93 bits per heavy atom. The molecule has 2 saturated heterocycles. The smallest absolute Gasteiger partial charge is 0.191 e. The second-order valence-corrected chi connectivity index (χ2v) is 8.36. The molecule has 2 fully saturated rings. The summed E-state index contributed by atoms with van der Waals surface area (Å²) in [5.74, 6) is 0.988. The van der Waals surface area contributed by atoms with Gasteiger partial charge in [-0.05, 0) is 71.1 Å². The van der Waals surface area contributed by atoms with Crippen LogP contribution in [0.1, 0.15) is 51.5 Å². The summed E-state index contributed by atoms with van der Waals surface area (Å²) in [6, 6.07) is 11.9. The van der Waals surface area contributed by atoms with Gasteiger partial charge in [-0.3, -0.25) is 9.89 Å². The second-order valence-electron chi connectivity index (χ2n) is 8.36. The van der Waals surface area contributed by atoms with E-state index in [9.17, 15) is 0 Å². The van der Waals surface area contributed by atoms with Gasteiger partial charge in [0.05, 0.1) is 0 Å². The Morgan fingerprint density at radius 3 is 2.68 bits per heavy atom. The third-order valence-corrected chi connectivity index (χ3v) is 5.97. The number of unbranched alkanes of at least 4 members (excludes halogenated alkanes) is 1. The van der Waals surface area contributed by atoms with Gasteiger partial charge in [0, 0.05) is 38.3 Å². The van der Waals surface area contributed by atoms with Gasteiger partial charge in [-0.25, -0.2) is 0 Å². The maximum Gasteiger partial charge on any atom is 0.191 e. The summed E-state index contributed by atoms with van der Waals surface area (Å²) in [5, 5.41) is 7.11. The average Bonchev–Trinajstić information content (AvgIpc) is 3.32. The molecule has 2 heterocycles. The molecule has 2 unspecified atom stereocenters. The second kappa shape index (κ2) is 11.4. The molecule has 1 aromatic carbocycles. The lowest BCUT2D eigenvalue weighted by Crippen LogP contribution is -2.44. The maximum atomic E-state index is 4.83. The van der Waals surface area contributed by atoms with Crippen molar-refractivity contribution in [2.75, 3.05) is 39.3 Å². The normalized spacial score (nSPS) is 24.0. The standard InChI is InChI=1S/C23H39N5/c1-3-24-23(25-13-7-8-14-27-15-9-10-16-27)26-22-17-20(2)28(19-22)18-21-11-5-4-6-12-21/h4-6,11-12,20,22H,3,7-10,13-19H2,1-2H3,(H2,24,25,26). The molecule has 0 amide bonds. The maximum absolute atomic E-state index is 4.83. The largest absolute Gasteiger partial charge is 0.357 e. The van der Waals surface area contributed by atoms with Crippen molar-refractivity contribution in [2.24, 2.45) is 4.99 Å². The van der Waals surface area contributed by atoms with Crippen LogP contribution in [0.5, 0.6) is 0 Å². The number of likely N-dealkylation sites (tertiary alicyclic amines) is 2. The van der Waals surface area contributed by atoms with Crippen molar-refractivity contribution < 1.29 is 0 Å². The van der Waals surface area contributed by atoms with Crippen molar-refractivity contribution in [2.45, 2.75) is 64.6 Å². The molecule has 5 heteroatoms. The minimum Gasteiger partial charge on any atom is -0.357 e. The first kappa shape index (κ1) is 21.1. The van der Waals surface area contributed by atoms with Crippen LogP contribution in [0, 0.1) is 0 Å². The van der Waals surface area contributed by atoms with Crippen LogP contribution in [0.3, 0.4) is 0 Å².